The summed E-state index contributed by atoms with van der Waals surface area (Å²) in [5.74, 6) is 2.08. The molecule has 2 N–H and O–H groups in total. The fraction of sp³-hybridized carbons (Fsp3) is 0.312. The number of ether oxygens (including phenoxy) is 1. The van der Waals surface area contributed by atoms with Crippen molar-refractivity contribution in [3.8, 4) is 11.5 Å². The van der Waals surface area contributed by atoms with Crippen LogP contribution in [0.25, 0.3) is 0 Å². The third-order valence-electron chi connectivity index (χ3n) is 3.10. The summed E-state index contributed by atoms with van der Waals surface area (Å²) in [6.07, 6.45) is 3.45. The molecule has 3 nitrogen and oxygen atoms in total. The van der Waals surface area contributed by atoms with Crippen LogP contribution in [-0.4, -0.2) is 4.98 Å². The maximum atomic E-state index is 5.82. The summed E-state index contributed by atoms with van der Waals surface area (Å²) in [6.45, 7) is 6.96. The maximum absolute atomic E-state index is 5.82. The van der Waals surface area contributed by atoms with Gasteiger partial charge in [-0.3, -0.25) is 4.98 Å². The molecular formula is C16H20N2O. The summed E-state index contributed by atoms with van der Waals surface area (Å²) in [5, 5.41) is 0. The Morgan fingerprint density at radius 2 is 1.95 bits per heavy atom. The predicted molar refractivity (Wildman–Crippen MR) is 77.5 cm³/mol. The molecule has 0 saturated heterocycles. The van der Waals surface area contributed by atoms with E-state index in [9.17, 15) is 0 Å². The lowest BCUT2D eigenvalue weighted by Crippen LogP contribution is -1.97. The minimum atomic E-state index is 0.468. The third-order valence-corrected chi connectivity index (χ3v) is 3.10. The quantitative estimate of drug-likeness (QED) is 0.906. The van der Waals surface area contributed by atoms with Crippen molar-refractivity contribution in [3.63, 3.8) is 0 Å². The van der Waals surface area contributed by atoms with Gasteiger partial charge in [-0.2, -0.15) is 0 Å². The molecule has 3 heteroatoms. The van der Waals surface area contributed by atoms with E-state index in [1.165, 1.54) is 11.1 Å². The Bertz CT molecular complexity index is 564. The van der Waals surface area contributed by atoms with Crippen LogP contribution in [0.1, 0.15) is 36.5 Å². The zero-order chi connectivity index (χ0) is 13.8. The van der Waals surface area contributed by atoms with Crippen molar-refractivity contribution in [2.24, 2.45) is 5.73 Å². The Kier molecular flexibility index (Phi) is 4.17. The van der Waals surface area contributed by atoms with Gasteiger partial charge in [0.25, 0.3) is 0 Å². The Morgan fingerprint density at radius 1 is 1.16 bits per heavy atom. The second kappa shape index (κ2) is 5.85. The van der Waals surface area contributed by atoms with Gasteiger partial charge in [0, 0.05) is 12.7 Å². The van der Waals surface area contributed by atoms with Gasteiger partial charge in [-0.05, 0) is 47.7 Å². The van der Waals surface area contributed by atoms with Crippen LogP contribution >= 0.6 is 0 Å². The van der Waals surface area contributed by atoms with Crippen LogP contribution in [0.15, 0.2) is 36.7 Å². The van der Waals surface area contributed by atoms with E-state index >= 15 is 0 Å². The highest BCUT2D eigenvalue weighted by Gasteiger charge is 2.05. The molecule has 0 bridgehead atoms. The molecule has 2 rings (SSSR count). The first kappa shape index (κ1) is 13.6. The van der Waals surface area contributed by atoms with Gasteiger partial charge < -0.3 is 10.5 Å². The second-order valence-corrected chi connectivity index (χ2v) is 5.01. The van der Waals surface area contributed by atoms with Gasteiger partial charge in [-0.15, -0.1) is 0 Å². The van der Waals surface area contributed by atoms with E-state index in [4.69, 9.17) is 10.5 Å². The molecule has 0 amide bonds. The topological polar surface area (TPSA) is 48.1 Å². The molecular weight excluding hydrogens is 236 g/mol. The van der Waals surface area contributed by atoms with Crippen LogP contribution in [-0.2, 0) is 6.54 Å². The average Bonchev–Trinajstić information content (AvgIpc) is 2.38. The number of nitrogens with two attached hydrogens (primary N) is 1. The van der Waals surface area contributed by atoms with Crippen molar-refractivity contribution in [2.45, 2.75) is 33.2 Å². The number of aryl methyl sites for hydroxylation is 1. The fourth-order valence-electron chi connectivity index (χ4n) is 2.13. The summed E-state index contributed by atoms with van der Waals surface area (Å²) >= 11 is 0. The van der Waals surface area contributed by atoms with E-state index in [1.807, 2.05) is 12.1 Å². The highest BCUT2D eigenvalue weighted by molar-refractivity contribution is 5.39. The second-order valence-electron chi connectivity index (χ2n) is 5.01. The number of benzene rings is 1. The molecule has 1 aromatic carbocycles. The van der Waals surface area contributed by atoms with Gasteiger partial charge in [0.1, 0.15) is 11.5 Å². The zero-order valence-electron chi connectivity index (χ0n) is 11.7. The van der Waals surface area contributed by atoms with Crippen molar-refractivity contribution in [1.29, 1.82) is 0 Å². The summed E-state index contributed by atoms with van der Waals surface area (Å²) in [4.78, 5) is 4.11. The van der Waals surface area contributed by atoms with Crippen LogP contribution in [0.3, 0.4) is 0 Å². The van der Waals surface area contributed by atoms with Crippen LogP contribution in [0.2, 0.25) is 0 Å². The van der Waals surface area contributed by atoms with Gasteiger partial charge in [0.15, 0.2) is 0 Å². The van der Waals surface area contributed by atoms with Gasteiger partial charge in [-0.1, -0.05) is 19.9 Å². The van der Waals surface area contributed by atoms with E-state index in [2.05, 4.69) is 37.9 Å². The van der Waals surface area contributed by atoms with Crippen LogP contribution in [0, 0.1) is 6.92 Å². The SMILES string of the molecule is Cc1cc(Oc2cncc(CN)c2)ccc1C(C)C. The van der Waals surface area contributed by atoms with Crippen LogP contribution < -0.4 is 10.5 Å². The average molecular weight is 256 g/mol. The molecule has 2 aromatic rings. The lowest BCUT2D eigenvalue weighted by molar-refractivity contribution is 0.478. The summed E-state index contributed by atoms with van der Waals surface area (Å²) in [5.41, 5.74) is 9.15. The van der Waals surface area contributed by atoms with E-state index in [-0.39, 0.29) is 0 Å². The molecule has 1 heterocycles. The molecule has 0 aliphatic rings. The number of rotatable bonds is 4. The zero-order valence-corrected chi connectivity index (χ0v) is 11.7. The molecule has 1 aromatic heterocycles. The minimum absolute atomic E-state index is 0.468. The minimum Gasteiger partial charge on any atom is -0.456 e. The molecule has 0 fully saturated rings. The molecule has 0 unspecified atom stereocenters. The first-order valence-electron chi connectivity index (χ1n) is 6.52. The van der Waals surface area contributed by atoms with Gasteiger partial charge in [-0.25, -0.2) is 0 Å². The normalized spacial score (nSPS) is 10.8. The van der Waals surface area contributed by atoms with Crippen LogP contribution in [0.5, 0.6) is 11.5 Å². The van der Waals surface area contributed by atoms with Gasteiger partial charge in [0.05, 0.1) is 6.20 Å². The van der Waals surface area contributed by atoms with Gasteiger partial charge >= 0.3 is 0 Å². The molecule has 0 aliphatic carbocycles. The Morgan fingerprint density at radius 3 is 2.58 bits per heavy atom. The van der Waals surface area contributed by atoms with E-state index in [0.717, 1.165) is 17.1 Å². The van der Waals surface area contributed by atoms with E-state index in [0.29, 0.717) is 12.5 Å². The van der Waals surface area contributed by atoms with Crippen molar-refractivity contribution in [1.82, 2.24) is 4.98 Å². The Hall–Kier alpha value is -1.87. The Balaban J connectivity index is 2.21. The monoisotopic (exact) mass is 256 g/mol. The molecule has 100 valence electrons. The van der Waals surface area contributed by atoms with Crippen molar-refractivity contribution in [2.75, 3.05) is 0 Å². The van der Waals surface area contributed by atoms with Crippen molar-refractivity contribution >= 4 is 0 Å². The lowest BCUT2D eigenvalue weighted by atomic mass is 9.98. The first-order chi connectivity index (χ1) is 9.10. The summed E-state index contributed by atoms with van der Waals surface area (Å²) in [6, 6.07) is 8.09. The van der Waals surface area contributed by atoms with Crippen molar-refractivity contribution < 1.29 is 4.74 Å². The Labute approximate surface area is 114 Å². The third kappa shape index (κ3) is 3.32. The number of pyridine rings is 1. The first-order valence-corrected chi connectivity index (χ1v) is 6.52. The number of hydrogen-bond donors (Lipinski definition) is 1. The number of nitrogens with zero attached hydrogens (tertiary/aromatic N) is 1. The lowest BCUT2D eigenvalue weighted by Gasteiger charge is -2.12. The highest BCUT2D eigenvalue weighted by atomic mass is 16.5. The molecule has 0 atom stereocenters. The highest BCUT2D eigenvalue weighted by Crippen LogP contribution is 2.27. The predicted octanol–water partition coefficient (Wildman–Crippen LogP) is 3.76. The van der Waals surface area contributed by atoms with E-state index < -0.39 is 0 Å². The smallest absolute Gasteiger partial charge is 0.146 e. The van der Waals surface area contributed by atoms with E-state index in [1.54, 1.807) is 12.4 Å². The standard InChI is InChI=1S/C16H20N2O/c1-11(2)16-5-4-14(6-12(16)3)19-15-7-13(8-17)9-18-10-15/h4-7,9-11H,8,17H2,1-3H3. The number of aromatic nitrogens is 1. The molecule has 19 heavy (non-hydrogen) atoms. The molecule has 0 aliphatic heterocycles. The summed E-state index contributed by atoms with van der Waals surface area (Å²) < 4.78 is 5.82. The largest absolute Gasteiger partial charge is 0.456 e. The summed E-state index contributed by atoms with van der Waals surface area (Å²) in [7, 11) is 0. The van der Waals surface area contributed by atoms with Crippen molar-refractivity contribution in [3.05, 3.63) is 53.3 Å². The molecule has 0 saturated carbocycles. The number of hydrogen-bond acceptors (Lipinski definition) is 3. The maximum Gasteiger partial charge on any atom is 0.146 e. The van der Waals surface area contributed by atoms with Gasteiger partial charge in [0.2, 0.25) is 0 Å². The fourth-order valence-corrected chi connectivity index (χ4v) is 2.13. The molecule has 0 radical (unpaired) electrons. The van der Waals surface area contributed by atoms with Crippen LogP contribution in [0.4, 0.5) is 0 Å². The molecule has 0 spiro atoms.